The third kappa shape index (κ3) is 1.98. The summed E-state index contributed by atoms with van der Waals surface area (Å²) in [5, 5.41) is 8.73. The lowest BCUT2D eigenvalue weighted by Gasteiger charge is -2.02. The fourth-order valence-corrected chi connectivity index (χ4v) is 1.30. The molecule has 0 N–H and O–H groups in total. The molecule has 0 aliphatic heterocycles. The zero-order chi connectivity index (χ0) is 11.4. The lowest BCUT2D eigenvalue weighted by Crippen LogP contribution is -1.91. The molecular weight excluding hydrogens is 202 g/mol. The van der Waals surface area contributed by atoms with Crippen LogP contribution in [0, 0.1) is 11.3 Å². The maximum atomic E-state index is 8.73. The van der Waals surface area contributed by atoms with Crippen molar-refractivity contribution in [3.63, 3.8) is 0 Å². The summed E-state index contributed by atoms with van der Waals surface area (Å²) in [7, 11) is 1.61. The molecule has 0 aliphatic carbocycles. The van der Waals surface area contributed by atoms with E-state index in [1.807, 2.05) is 30.3 Å². The van der Waals surface area contributed by atoms with Crippen molar-refractivity contribution >= 4 is 0 Å². The average Bonchev–Trinajstić information content (AvgIpc) is 2.39. The number of ether oxygens (including phenoxy) is 1. The fourth-order valence-electron chi connectivity index (χ4n) is 1.30. The summed E-state index contributed by atoms with van der Waals surface area (Å²) in [6.45, 7) is 0. The Labute approximate surface area is 93.2 Å². The van der Waals surface area contributed by atoms with Crippen LogP contribution in [0.25, 0.3) is 11.4 Å². The molecule has 1 aromatic heterocycles. The zero-order valence-electron chi connectivity index (χ0n) is 8.71. The van der Waals surface area contributed by atoms with Gasteiger partial charge in [-0.2, -0.15) is 5.26 Å². The molecule has 0 saturated carbocycles. The Morgan fingerprint density at radius 2 is 1.94 bits per heavy atom. The molecule has 16 heavy (non-hydrogen) atoms. The molecule has 2 rings (SSSR count). The van der Waals surface area contributed by atoms with Gasteiger partial charge in [0.05, 0.1) is 7.11 Å². The molecule has 0 unspecified atom stereocenters. The van der Waals surface area contributed by atoms with E-state index in [9.17, 15) is 0 Å². The van der Waals surface area contributed by atoms with E-state index in [-0.39, 0.29) is 0 Å². The summed E-state index contributed by atoms with van der Waals surface area (Å²) in [6.07, 6.45) is 1.57. The Kier molecular flexibility index (Phi) is 2.79. The summed E-state index contributed by atoms with van der Waals surface area (Å²) in [6, 6.07) is 10.9. The molecule has 1 aromatic carbocycles. The molecule has 0 aliphatic rings. The van der Waals surface area contributed by atoms with Crippen LogP contribution >= 0.6 is 0 Å². The first-order chi connectivity index (χ1) is 7.83. The van der Waals surface area contributed by atoms with Crippen LogP contribution in [0.4, 0.5) is 0 Å². The van der Waals surface area contributed by atoms with Gasteiger partial charge in [-0.15, -0.1) is 0 Å². The SMILES string of the molecule is COc1ccc(-c2nccc(C#N)n2)cc1. The molecule has 1 heterocycles. The zero-order valence-corrected chi connectivity index (χ0v) is 8.71. The van der Waals surface area contributed by atoms with Gasteiger partial charge in [0.25, 0.3) is 0 Å². The Bertz CT molecular complexity index is 529. The molecule has 4 heteroatoms. The van der Waals surface area contributed by atoms with Crippen LogP contribution in [0.5, 0.6) is 5.75 Å². The highest BCUT2D eigenvalue weighted by atomic mass is 16.5. The lowest BCUT2D eigenvalue weighted by molar-refractivity contribution is 0.415. The van der Waals surface area contributed by atoms with Gasteiger partial charge in [-0.25, -0.2) is 9.97 Å². The number of methoxy groups -OCH3 is 1. The highest BCUT2D eigenvalue weighted by Gasteiger charge is 2.02. The number of aromatic nitrogens is 2. The predicted octanol–water partition coefficient (Wildman–Crippen LogP) is 2.02. The number of hydrogen-bond acceptors (Lipinski definition) is 4. The molecule has 0 bridgehead atoms. The van der Waals surface area contributed by atoms with Crippen molar-refractivity contribution in [3.05, 3.63) is 42.2 Å². The van der Waals surface area contributed by atoms with Crippen LogP contribution in [-0.2, 0) is 0 Å². The summed E-state index contributed by atoms with van der Waals surface area (Å²) in [5.41, 5.74) is 1.22. The van der Waals surface area contributed by atoms with Gasteiger partial charge in [-0.3, -0.25) is 0 Å². The van der Waals surface area contributed by atoms with Crippen LogP contribution in [-0.4, -0.2) is 17.1 Å². The number of benzene rings is 1. The minimum Gasteiger partial charge on any atom is -0.497 e. The summed E-state index contributed by atoms with van der Waals surface area (Å²) in [4.78, 5) is 8.21. The van der Waals surface area contributed by atoms with E-state index in [1.54, 1.807) is 19.4 Å². The molecule has 0 radical (unpaired) electrons. The first kappa shape index (κ1) is 10.1. The van der Waals surface area contributed by atoms with Crippen LogP contribution in [0.3, 0.4) is 0 Å². The van der Waals surface area contributed by atoms with E-state index in [1.165, 1.54) is 0 Å². The Morgan fingerprint density at radius 1 is 1.19 bits per heavy atom. The third-order valence-corrected chi connectivity index (χ3v) is 2.12. The first-order valence-electron chi connectivity index (χ1n) is 4.71. The molecule has 0 spiro atoms. The molecular formula is C12H9N3O. The van der Waals surface area contributed by atoms with Crippen molar-refractivity contribution in [3.8, 4) is 23.2 Å². The quantitative estimate of drug-likeness (QED) is 0.762. The highest BCUT2D eigenvalue weighted by Crippen LogP contribution is 2.18. The van der Waals surface area contributed by atoms with Crippen molar-refractivity contribution in [2.75, 3.05) is 7.11 Å². The van der Waals surface area contributed by atoms with Crippen molar-refractivity contribution in [2.45, 2.75) is 0 Å². The van der Waals surface area contributed by atoms with Crippen LogP contribution in [0.15, 0.2) is 36.5 Å². The number of rotatable bonds is 2. The third-order valence-electron chi connectivity index (χ3n) is 2.12. The topological polar surface area (TPSA) is 58.8 Å². The largest absolute Gasteiger partial charge is 0.497 e. The van der Waals surface area contributed by atoms with Gasteiger partial charge in [0.15, 0.2) is 5.82 Å². The van der Waals surface area contributed by atoms with Gasteiger partial charge in [-0.1, -0.05) is 0 Å². The number of nitrogens with zero attached hydrogens (tertiary/aromatic N) is 3. The second-order valence-electron chi connectivity index (χ2n) is 3.11. The highest BCUT2D eigenvalue weighted by molar-refractivity contribution is 5.56. The van der Waals surface area contributed by atoms with Gasteiger partial charge >= 0.3 is 0 Å². The minimum atomic E-state index is 0.362. The van der Waals surface area contributed by atoms with Crippen molar-refractivity contribution in [2.24, 2.45) is 0 Å². The average molecular weight is 211 g/mol. The van der Waals surface area contributed by atoms with E-state index >= 15 is 0 Å². The van der Waals surface area contributed by atoms with Gasteiger partial charge < -0.3 is 4.74 Å². The van der Waals surface area contributed by atoms with Crippen molar-refractivity contribution < 1.29 is 4.74 Å². The molecule has 0 saturated heterocycles. The number of hydrogen-bond donors (Lipinski definition) is 0. The predicted molar refractivity (Wildman–Crippen MR) is 58.7 cm³/mol. The Balaban J connectivity index is 2.39. The fraction of sp³-hybridized carbons (Fsp3) is 0.0833. The van der Waals surface area contributed by atoms with E-state index in [0.717, 1.165) is 11.3 Å². The molecule has 4 nitrogen and oxygen atoms in total. The lowest BCUT2D eigenvalue weighted by atomic mass is 10.2. The molecule has 2 aromatic rings. The first-order valence-corrected chi connectivity index (χ1v) is 4.71. The standard InChI is InChI=1S/C12H9N3O/c1-16-11-4-2-9(3-5-11)12-14-7-6-10(8-13)15-12/h2-7H,1H3. The van der Waals surface area contributed by atoms with Gasteiger partial charge in [0.2, 0.25) is 0 Å². The van der Waals surface area contributed by atoms with E-state index in [4.69, 9.17) is 10.00 Å². The minimum absolute atomic E-state index is 0.362. The summed E-state index contributed by atoms with van der Waals surface area (Å²) < 4.78 is 5.06. The second kappa shape index (κ2) is 4.41. The Morgan fingerprint density at radius 3 is 2.56 bits per heavy atom. The van der Waals surface area contributed by atoms with Crippen LogP contribution in [0.2, 0.25) is 0 Å². The molecule has 0 amide bonds. The van der Waals surface area contributed by atoms with Gasteiger partial charge in [0, 0.05) is 11.8 Å². The van der Waals surface area contributed by atoms with E-state index in [0.29, 0.717) is 11.5 Å². The Hall–Kier alpha value is -2.41. The molecule has 78 valence electrons. The van der Waals surface area contributed by atoms with Gasteiger partial charge in [-0.05, 0) is 30.3 Å². The van der Waals surface area contributed by atoms with E-state index < -0.39 is 0 Å². The number of nitriles is 1. The second-order valence-corrected chi connectivity index (χ2v) is 3.11. The molecule has 0 fully saturated rings. The van der Waals surface area contributed by atoms with Crippen LogP contribution < -0.4 is 4.74 Å². The van der Waals surface area contributed by atoms with Gasteiger partial charge in [0.1, 0.15) is 17.5 Å². The summed E-state index contributed by atoms with van der Waals surface area (Å²) >= 11 is 0. The van der Waals surface area contributed by atoms with E-state index in [2.05, 4.69) is 9.97 Å². The maximum Gasteiger partial charge on any atom is 0.160 e. The normalized spacial score (nSPS) is 9.50. The summed E-state index contributed by atoms with van der Waals surface area (Å²) in [5.74, 6) is 1.32. The van der Waals surface area contributed by atoms with Crippen molar-refractivity contribution in [1.82, 2.24) is 9.97 Å². The monoisotopic (exact) mass is 211 g/mol. The maximum absolute atomic E-state index is 8.73. The molecule has 0 atom stereocenters. The van der Waals surface area contributed by atoms with Crippen LogP contribution in [0.1, 0.15) is 5.69 Å². The van der Waals surface area contributed by atoms with Crippen molar-refractivity contribution in [1.29, 1.82) is 5.26 Å². The smallest absolute Gasteiger partial charge is 0.160 e.